The molecule has 1 amide bonds. The van der Waals surface area contributed by atoms with E-state index in [0.717, 1.165) is 39.4 Å². The highest BCUT2D eigenvalue weighted by atomic mass is 32.1. The first kappa shape index (κ1) is 22.3. The number of nitrogens with zero attached hydrogens (tertiary/aromatic N) is 4. The van der Waals surface area contributed by atoms with Crippen molar-refractivity contribution in [3.8, 4) is 11.3 Å². The Hall–Kier alpha value is -3.50. The molecule has 176 valence electrons. The second-order valence-electron chi connectivity index (χ2n) is 8.92. The average molecular weight is 478 g/mol. The number of anilines is 3. The number of likely N-dealkylation sites (tertiary alicyclic amines) is 1. The molecule has 0 unspecified atom stereocenters. The van der Waals surface area contributed by atoms with Gasteiger partial charge < -0.3 is 25.6 Å². The van der Waals surface area contributed by atoms with Gasteiger partial charge in [0.1, 0.15) is 16.9 Å². The second kappa shape index (κ2) is 9.03. The molecule has 0 spiro atoms. The third-order valence-corrected chi connectivity index (χ3v) is 6.42. The van der Waals surface area contributed by atoms with Gasteiger partial charge in [-0.05, 0) is 51.5 Å². The van der Waals surface area contributed by atoms with Crippen LogP contribution in [-0.2, 0) is 0 Å². The fourth-order valence-electron chi connectivity index (χ4n) is 4.20. The number of hydrogen-bond donors (Lipinski definition) is 4. The van der Waals surface area contributed by atoms with Crippen LogP contribution in [0.2, 0.25) is 0 Å². The molecule has 5 rings (SSSR count). The smallest absolute Gasteiger partial charge is 0.255 e. The minimum absolute atomic E-state index is 0.0620. The van der Waals surface area contributed by atoms with E-state index in [2.05, 4.69) is 43.2 Å². The highest BCUT2D eigenvalue weighted by Crippen LogP contribution is 2.32. The first-order valence-corrected chi connectivity index (χ1v) is 12.0. The Kier molecular flexibility index (Phi) is 5.93. The van der Waals surface area contributed by atoms with Crippen molar-refractivity contribution in [3.63, 3.8) is 0 Å². The number of rotatable bonds is 6. The maximum Gasteiger partial charge on any atom is 0.255 e. The van der Waals surface area contributed by atoms with E-state index in [1.165, 1.54) is 11.7 Å². The summed E-state index contributed by atoms with van der Waals surface area (Å²) in [6, 6.07) is 9.88. The molecule has 4 aromatic rings. The molecular weight excluding hydrogens is 450 g/mol. The number of aryl methyl sites for hydroxylation is 1. The number of hydrogen-bond acceptors (Lipinski definition) is 8. The van der Waals surface area contributed by atoms with Crippen molar-refractivity contribution in [2.75, 3.05) is 23.7 Å². The highest BCUT2D eigenvalue weighted by Gasteiger charge is 2.27. The Morgan fingerprint density at radius 3 is 2.82 bits per heavy atom. The number of carbonyl (C=O) groups excluding carboxylic acids is 1. The number of amides is 1. The van der Waals surface area contributed by atoms with E-state index in [0.29, 0.717) is 30.9 Å². The Balaban J connectivity index is 1.44. The molecule has 34 heavy (non-hydrogen) atoms. The highest BCUT2D eigenvalue weighted by molar-refractivity contribution is 7.00. The molecule has 1 aromatic carbocycles. The topological polar surface area (TPSA) is 119 Å². The number of β-amino-alcohol motifs (C(OH)–C–C–N with tert-alkyl or cyclic N) is 1. The number of fused-ring (bicyclic) bond motifs is 1. The van der Waals surface area contributed by atoms with E-state index in [9.17, 15) is 9.90 Å². The van der Waals surface area contributed by atoms with Gasteiger partial charge in [-0.3, -0.25) is 4.79 Å². The van der Waals surface area contributed by atoms with E-state index in [-0.39, 0.29) is 11.9 Å². The number of aromatic nitrogens is 4. The molecule has 0 saturated carbocycles. The Labute approximate surface area is 201 Å². The first-order valence-electron chi connectivity index (χ1n) is 11.3. The van der Waals surface area contributed by atoms with Gasteiger partial charge in [0.25, 0.3) is 5.91 Å². The lowest BCUT2D eigenvalue weighted by atomic mass is 10.1. The van der Waals surface area contributed by atoms with Gasteiger partial charge in [-0.1, -0.05) is 0 Å². The van der Waals surface area contributed by atoms with Crippen molar-refractivity contribution < 1.29 is 9.90 Å². The molecule has 0 aliphatic carbocycles. The zero-order valence-corrected chi connectivity index (χ0v) is 20.1. The monoisotopic (exact) mass is 477 g/mol. The van der Waals surface area contributed by atoms with Crippen LogP contribution in [0.3, 0.4) is 0 Å². The van der Waals surface area contributed by atoms with Crippen LogP contribution in [0.15, 0.2) is 36.5 Å². The number of aromatic amines is 1. The second-order valence-corrected chi connectivity index (χ2v) is 9.45. The summed E-state index contributed by atoms with van der Waals surface area (Å²) in [6.07, 6.45) is 1.98. The van der Waals surface area contributed by atoms with Gasteiger partial charge in [0.05, 0.1) is 29.1 Å². The largest absolute Gasteiger partial charge is 0.391 e. The van der Waals surface area contributed by atoms with Crippen LogP contribution >= 0.6 is 11.7 Å². The molecule has 1 saturated heterocycles. The lowest BCUT2D eigenvalue weighted by Crippen LogP contribution is -2.29. The summed E-state index contributed by atoms with van der Waals surface area (Å²) in [5.74, 6) is 0.633. The normalized spacial score (nSPS) is 15.9. The van der Waals surface area contributed by atoms with Crippen LogP contribution in [0.25, 0.3) is 22.3 Å². The third-order valence-electron chi connectivity index (χ3n) is 5.86. The number of carbonyl (C=O) groups is 1. The molecular formula is C24H27N7O2S. The summed E-state index contributed by atoms with van der Waals surface area (Å²) < 4.78 is 8.54. The predicted octanol–water partition coefficient (Wildman–Crippen LogP) is 4.16. The number of nitrogens with one attached hydrogen (secondary N) is 3. The molecule has 4 heterocycles. The molecule has 4 N–H and O–H groups in total. The van der Waals surface area contributed by atoms with Gasteiger partial charge in [0, 0.05) is 54.0 Å². The van der Waals surface area contributed by atoms with Gasteiger partial charge in [-0.15, -0.1) is 0 Å². The van der Waals surface area contributed by atoms with E-state index < -0.39 is 6.10 Å². The molecule has 1 fully saturated rings. The first-order chi connectivity index (χ1) is 16.4. The number of H-pyrrole nitrogens is 1. The van der Waals surface area contributed by atoms with Crippen molar-refractivity contribution in [3.05, 3.63) is 47.8 Å². The average Bonchev–Trinajstić information content (AvgIpc) is 3.52. The Morgan fingerprint density at radius 2 is 2.06 bits per heavy atom. The van der Waals surface area contributed by atoms with Crippen LogP contribution in [-0.4, -0.2) is 59.9 Å². The fraction of sp³-hybridized carbons (Fsp3) is 0.333. The minimum atomic E-state index is -0.443. The van der Waals surface area contributed by atoms with Crippen LogP contribution in [0.1, 0.15) is 36.3 Å². The lowest BCUT2D eigenvalue weighted by molar-refractivity contribution is 0.0764. The van der Waals surface area contributed by atoms with Crippen molar-refractivity contribution in [2.45, 2.75) is 39.3 Å². The van der Waals surface area contributed by atoms with Crippen LogP contribution in [0, 0.1) is 6.92 Å². The predicted molar refractivity (Wildman–Crippen MR) is 135 cm³/mol. The zero-order valence-electron chi connectivity index (χ0n) is 19.3. The number of benzene rings is 1. The van der Waals surface area contributed by atoms with E-state index in [1.807, 2.05) is 37.3 Å². The van der Waals surface area contributed by atoms with Crippen molar-refractivity contribution in [2.24, 2.45) is 0 Å². The Morgan fingerprint density at radius 1 is 1.24 bits per heavy atom. The van der Waals surface area contributed by atoms with Gasteiger partial charge in [0.2, 0.25) is 0 Å². The van der Waals surface area contributed by atoms with Crippen LogP contribution < -0.4 is 10.6 Å². The molecule has 1 atom stereocenters. The molecule has 1 aliphatic rings. The molecule has 1 aliphatic heterocycles. The number of pyridine rings is 1. The maximum absolute atomic E-state index is 13.0. The number of aliphatic hydroxyl groups excluding tert-OH is 1. The third kappa shape index (κ3) is 4.46. The molecule has 0 radical (unpaired) electrons. The van der Waals surface area contributed by atoms with Crippen LogP contribution in [0.4, 0.5) is 17.2 Å². The van der Waals surface area contributed by atoms with Gasteiger partial charge in [-0.25, -0.2) is 4.98 Å². The summed E-state index contributed by atoms with van der Waals surface area (Å²) in [5, 5.41) is 16.6. The quantitative estimate of drug-likeness (QED) is 0.329. The lowest BCUT2D eigenvalue weighted by Gasteiger charge is -2.16. The summed E-state index contributed by atoms with van der Waals surface area (Å²) in [6.45, 7) is 7.00. The summed E-state index contributed by atoms with van der Waals surface area (Å²) >= 11 is 1.19. The minimum Gasteiger partial charge on any atom is -0.391 e. The van der Waals surface area contributed by atoms with Crippen molar-refractivity contribution >= 4 is 45.9 Å². The van der Waals surface area contributed by atoms with E-state index in [4.69, 9.17) is 0 Å². The number of aliphatic hydroxyl groups is 1. The van der Waals surface area contributed by atoms with E-state index >= 15 is 0 Å². The van der Waals surface area contributed by atoms with Gasteiger partial charge >= 0.3 is 0 Å². The van der Waals surface area contributed by atoms with Crippen molar-refractivity contribution in [1.29, 1.82) is 0 Å². The summed E-state index contributed by atoms with van der Waals surface area (Å²) in [5.41, 5.74) is 6.61. The standard InChI is InChI=1S/C24H27N7O2S/c1-13(2)26-21-10-23(28-15-4-5-19-22(8-15)30-34-29-19)25-11-18(21)20-9-17(14(3)27-20)24(33)31-7-6-16(32)12-31/h4-5,8-11,13,16,27,32H,6-7,12H2,1-3H3,(H2,25,26,28)/t16-/m1/s1. The fourth-order valence-corrected chi connectivity index (χ4v) is 4.72. The molecule has 9 nitrogen and oxygen atoms in total. The molecule has 0 bridgehead atoms. The summed E-state index contributed by atoms with van der Waals surface area (Å²) in [7, 11) is 0. The Bertz CT molecular complexity index is 1350. The van der Waals surface area contributed by atoms with Gasteiger partial charge in [-0.2, -0.15) is 8.75 Å². The SMILES string of the molecule is Cc1[nH]c(-c2cnc(Nc3ccc4nsnc4c3)cc2NC(C)C)cc1C(=O)N1CC[C@@H](O)C1. The van der Waals surface area contributed by atoms with Crippen LogP contribution in [0.5, 0.6) is 0 Å². The molecule has 10 heteroatoms. The molecule has 3 aromatic heterocycles. The maximum atomic E-state index is 13.0. The summed E-state index contributed by atoms with van der Waals surface area (Å²) in [4.78, 5) is 22.7. The zero-order chi connectivity index (χ0) is 23.8. The van der Waals surface area contributed by atoms with E-state index in [1.54, 1.807) is 11.1 Å². The van der Waals surface area contributed by atoms with Crippen molar-refractivity contribution in [1.82, 2.24) is 23.6 Å². The van der Waals surface area contributed by atoms with Gasteiger partial charge in [0.15, 0.2) is 0 Å².